The Morgan fingerprint density at radius 1 is 1.38 bits per heavy atom. The minimum Gasteiger partial charge on any atom is -0.440 e. The van der Waals surface area contributed by atoms with Crippen LogP contribution in [0.1, 0.15) is 31.4 Å². The molecule has 1 aromatic carbocycles. The molecule has 0 saturated heterocycles. The topological polar surface area (TPSA) is 55.1 Å². The molecular formula is C16H20N2O2S. The molecule has 21 heavy (non-hydrogen) atoms. The fraction of sp³-hybridized carbons (Fsp3) is 0.375. The number of hydrogen-bond acceptors (Lipinski definition) is 4. The van der Waals surface area contributed by atoms with Gasteiger partial charge in [-0.15, -0.1) is 11.8 Å². The molecule has 112 valence electrons. The van der Waals surface area contributed by atoms with Crippen molar-refractivity contribution in [2.75, 3.05) is 12.3 Å². The van der Waals surface area contributed by atoms with E-state index in [1.807, 2.05) is 30.3 Å². The van der Waals surface area contributed by atoms with Gasteiger partial charge in [0.15, 0.2) is 5.76 Å². The summed E-state index contributed by atoms with van der Waals surface area (Å²) in [4.78, 5) is 15.1. The van der Waals surface area contributed by atoms with E-state index in [1.54, 1.807) is 18.0 Å². The number of rotatable bonds is 7. The van der Waals surface area contributed by atoms with Crippen LogP contribution in [0.2, 0.25) is 0 Å². The number of carbonyl (C=O) groups is 1. The van der Waals surface area contributed by atoms with E-state index in [4.69, 9.17) is 4.42 Å². The van der Waals surface area contributed by atoms with Gasteiger partial charge in [-0.1, -0.05) is 30.3 Å². The van der Waals surface area contributed by atoms with E-state index in [0.717, 1.165) is 35.9 Å². The van der Waals surface area contributed by atoms with Crippen molar-refractivity contribution in [3.05, 3.63) is 42.4 Å². The second-order valence-corrected chi connectivity index (χ2v) is 6.23. The fourth-order valence-electron chi connectivity index (χ4n) is 1.88. The van der Waals surface area contributed by atoms with Crippen molar-refractivity contribution in [2.24, 2.45) is 0 Å². The normalized spacial score (nSPS) is 12.1. The van der Waals surface area contributed by atoms with E-state index in [2.05, 4.69) is 17.2 Å². The first-order valence-corrected chi connectivity index (χ1v) is 8.09. The van der Waals surface area contributed by atoms with Crippen molar-refractivity contribution < 1.29 is 9.21 Å². The summed E-state index contributed by atoms with van der Waals surface area (Å²) in [6, 6.07) is 9.97. The molecular weight excluding hydrogens is 284 g/mol. The first-order valence-electron chi connectivity index (χ1n) is 7.04. The summed E-state index contributed by atoms with van der Waals surface area (Å²) in [5.74, 6) is 2.53. The van der Waals surface area contributed by atoms with Gasteiger partial charge in [-0.2, -0.15) is 0 Å². The van der Waals surface area contributed by atoms with Gasteiger partial charge in [0, 0.05) is 19.0 Å². The Labute approximate surface area is 129 Å². The highest BCUT2D eigenvalue weighted by Crippen LogP contribution is 2.30. The van der Waals surface area contributed by atoms with E-state index < -0.39 is 0 Å². The molecule has 0 spiro atoms. The zero-order chi connectivity index (χ0) is 15.1. The number of amides is 1. The predicted molar refractivity (Wildman–Crippen MR) is 86.1 cm³/mol. The number of nitrogens with one attached hydrogen (secondary N) is 1. The van der Waals surface area contributed by atoms with Crippen molar-refractivity contribution >= 4 is 17.7 Å². The number of benzene rings is 1. The molecule has 0 radical (unpaired) electrons. The first-order chi connectivity index (χ1) is 10.2. The molecule has 1 amide bonds. The van der Waals surface area contributed by atoms with Crippen LogP contribution in [-0.4, -0.2) is 23.2 Å². The zero-order valence-electron chi connectivity index (χ0n) is 12.3. The summed E-state index contributed by atoms with van der Waals surface area (Å²) in [5.41, 5.74) is 1.04. The summed E-state index contributed by atoms with van der Waals surface area (Å²) in [7, 11) is 0. The SMILES string of the molecule is CC(=O)NCCCSC(C)c1ncc(-c2ccccc2)o1. The van der Waals surface area contributed by atoms with E-state index in [0.29, 0.717) is 0 Å². The molecule has 4 nitrogen and oxygen atoms in total. The van der Waals surface area contributed by atoms with Crippen LogP contribution >= 0.6 is 11.8 Å². The average Bonchev–Trinajstić information content (AvgIpc) is 2.97. The fourth-order valence-corrected chi connectivity index (χ4v) is 2.80. The predicted octanol–water partition coefficient (Wildman–Crippen LogP) is 3.66. The lowest BCUT2D eigenvalue weighted by Gasteiger charge is -2.07. The Bertz CT molecular complexity index is 569. The Morgan fingerprint density at radius 2 is 2.14 bits per heavy atom. The average molecular weight is 304 g/mol. The molecule has 1 atom stereocenters. The Balaban J connectivity index is 1.82. The van der Waals surface area contributed by atoms with Crippen LogP contribution in [-0.2, 0) is 4.79 Å². The lowest BCUT2D eigenvalue weighted by atomic mass is 10.2. The number of carbonyl (C=O) groups excluding carboxylic acids is 1. The van der Waals surface area contributed by atoms with Crippen molar-refractivity contribution in [3.63, 3.8) is 0 Å². The van der Waals surface area contributed by atoms with E-state index in [1.165, 1.54) is 6.92 Å². The summed E-state index contributed by atoms with van der Waals surface area (Å²) in [6.07, 6.45) is 2.72. The second-order valence-electron chi connectivity index (χ2n) is 4.78. The molecule has 1 aromatic heterocycles. The zero-order valence-corrected chi connectivity index (χ0v) is 13.2. The Morgan fingerprint density at radius 3 is 2.86 bits per heavy atom. The molecule has 1 unspecified atom stereocenters. The van der Waals surface area contributed by atoms with E-state index in [9.17, 15) is 4.79 Å². The largest absolute Gasteiger partial charge is 0.440 e. The number of thioether (sulfide) groups is 1. The number of hydrogen-bond donors (Lipinski definition) is 1. The van der Waals surface area contributed by atoms with Gasteiger partial charge in [-0.3, -0.25) is 4.79 Å². The van der Waals surface area contributed by atoms with Crippen LogP contribution in [0.15, 0.2) is 40.9 Å². The van der Waals surface area contributed by atoms with Gasteiger partial charge in [-0.05, 0) is 19.1 Å². The first kappa shape index (κ1) is 15.6. The van der Waals surface area contributed by atoms with Gasteiger partial charge in [0.1, 0.15) is 0 Å². The molecule has 2 rings (SSSR count). The molecule has 0 saturated carbocycles. The molecule has 5 heteroatoms. The maximum Gasteiger partial charge on any atom is 0.216 e. The van der Waals surface area contributed by atoms with Gasteiger partial charge < -0.3 is 9.73 Å². The van der Waals surface area contributed by atoms with Crippen molar-refractivity contribution in [3.8, 4) is 11.3 Å². The standard InChI is InChI=1S/C16H20N2O2S/c1-12(21-10-6-9-17-13(2)19)16-18-11-15(20-16)14-7-4-3-5-8-14/h3-5,7-8,11-12H,6,9-10H2,1-2H3,(H,17,19). The number of oxazole rings is 1. The summed E-state index contributed by atoms with van der Waals surface area (Å²) in [5, 5.41) is 3.00. The summed E-state index contributed by atoms with van der Waals surface area (Å²) in [6.45, 7) is 4.34. The quantitative estimate of drug-likeness (QED) is 0.793. The lowest BCUT2D eigenvalue weighted by molar-refractivity contribution is -0.118. The minimum atomic E-state index is 0.0215. The summed E-state index contributed by atoms with van der Waals surface area (Å²) < 4.78 is 5.83. The van der Waals surface area contributed by atoms with E-state index >= 15 is 0 Å². The van der Waals surface area contributed by atoms with E-state index in [-0.39, 0.29) is 11.2 Å². The molecule has 0 fully saturated rings. The molecule has 0 aliphatic heterocycles. The van der Waals surface area contributed by atoms with Gasteiger partial charge in [0.25, 0.3) is 0 Å². The van der Waals surface area contributed by atoms with Crippen LogP contribution in [0.5, 0.6) is 0 Å². The van der Waals surface area contributed by atoms with Gasteiger partial charge in [-0.25, -0.2) is 4.98 Å². The lowest BCUT2D eigenvalue weighted by Crippen LogP contribution is -2.21. The molecule has 1 N–H and O–H groups in total. The van der Waals surface area contributed by atoms with Crippen LogP contribution in [0, 0.1) is 0 Å². The number of nitrogens with zero attached hydrogens (tertiary/aromatic N) is 1. The minimum absolute atomic E-state index is 0.0215. The Kier molecular flexibility index (Phi) is 5.87. The van der Waals surface area contributed by atoms with Crippen LogP contribution in [0.25, 0.3) is 11.3 Å². The van der Waals surface area contributed by atoms with Crippen molar-refractivity contribution in [1.82, 2.24) is 10.3 Å². The van der Waals surface area contributed by atoms with Crippen molar-refractivity contribution in [2.45, 2.75) is 25.5 Å². The summed E-state index contributed by atoms with van der Waals surface area (Å²) >= 11 is 1.78. The van der Waals surface area contributed by atoms with Crippen molar-refractivity contribution in [1.29, 1.82) is 0 Å². The highest BCUT2D eigenvalue weighted by atomic mass is 32.2. The monoisotopic (exact) mass is 304 g/mol. The van der Waals surface area contributed by atoms with Gasteiger partial charge >= 0.3 is 0 Å². The maximum absolute atomic E-state index is 10.8. The Hall–Kier alpha value is -1.75. The third kappa shape index (κ3) is 4.93. The van der Waals surface area contributed by atoms with Crippen LogP contribution in [0.3, 0.4) is 0 Å². The van der Waals surface area contributed by atoms with Crippen LogP contribution in [0.4, 0.5) is 0 Å². The highest BCUT2D eigenvalue weighted by Gasteiger charge is 2.13. The molecule has 0 bridgehead atoms. The second kappa shape index (κ2) is 7.88. The van der Waals surface area contributed by atoms with Gasteiger partial charge in [0.2, 0.25) is 11.8 Å². The smallest absolute Gasteiger partial charge is 0.216 e. The maximum atomic E-state index is 10.8. The van der Waals surface area contributed by atoms with Gasteiger partial charge in [0.05, 0.1) is 11.4 Å². The molecule has 0 aliphatic rings. The number of aromatic nitrogens is 1. The molecule has 1 heterocycles. The highest BCUT2D eigenvalue weighted by molar-refractivity contribution is 7.99. The van der Waals surface area contributed by atoms with Crippen LogP contribution < -0.4 is 5.32 Å². The third-order valence-corrected chi connectivity index (χ3v) is 4.22. The third-order valence-electron chi connectivity index (χ3n) is 2.99. The molecule has 2 aromatic rings. The molecule has 0 aliphatic carbocycles.